The molecule has 3 N–H and O–H groups in total. The molecule has 0 aromatic heterocycles. The van der Waals surface area contributed by atoms with Crippen LogP contribution < -0.4 is 5.73 Å². The maximum absolute atomic E-state index is 10.3. The molecule has 1 atom stereocenters. The summed E-state index contributed by atoms with van der Waals surface area (Å²) in [6.07, 6.45) is 5.86. The SMILES string of the molecule is C=CC(=O)O.CCCCCCC(C)OC(N)=O. The van der Waals surface area contributed by atoms with E-state index in [1.807, 2.05) is 6.92 Å². The highest BCUT2D eigenvalue weighted by molar-refractivity contribution is 5.78. The van der Waals surface area contributed by atoms with Crippen molar-refractivity contribution in [1.82, 2.24) is 0 Å². The molecular weight excluding hydrogens is 222 g/mol. The van der Waals surface area contributed by atoms with E-state index in [0.717, 1.165) is 18.9 Å². The molecular formula is C12H23NO4. The van der Waals surface area contributed by atoms with Crippen molar-refractivity contribution in [2.75, 3.05) is 0 Å². The Hall–Kier alpha value is -1.52. The van der Waals surface area contributed by atoms with Crippen LogP contribution in [0.4, 0.5) is 4.79 Å². The number of ether oxygens (including phenoxy) is 1. The Kier molecular flexibility index (Phi) is 13.2. The van der Waals surface area contributed by atoms with Gasteiger partial charge in [-0.05, 0) is 19.8 Å². The van der Waals surface area contributed by atoms with E-state index in [2.05, 4.69) is 13.5 Å². The fourth-order valence-electron chi connectivity index (χ4n) is 1.12. The molecule has 17 heavy (non-hydrogen) atoms. The third-order valence-electron chi connectivity index (χ3n) is 1.96. The number of carboxylic acids is 1. The van der Waals surface area contributed by atoms with Crippen LogP contribution in [0.2, 0.25) is 0 Å². The van der Waals surface area contributed by atoms with Crippen molar-refractivity contribution in [2.45, 2.75) is 52.1 Å². The van der Waals surface area contributed by atoms with Gasteiger partial charge >= 0.3 is 12.1 Å². The number of primary amides is 1. The van der Waals surface area contributed by atoms with Crippen molar-refractivity contribution in [3.63, 3.8) is 0 Å². The second-order valence-corrected chi connectivity index (χ2v) is 3.64. The van der Waals surface area contributed by atoms with Gasteiger partial charge in [0, 0.05) is 6.08 Å². The van der Waals surface area contributed by atoms with Gasteiger partial charge in [0.1, 0.15) is 6.10 Å². The van der Waals surface area contributed by atoms with Gasteiger partial charge in [0.2, 0.25) is 0 Å². The second kappa shape index (κ2) is 12.5. The molecule has 0 aliphatic carbocycles. The minimum absolute atomic E-state index is 0.0284. The zero-order valence-corrected chi connectivity index (χ0v) is 10.6. The summed E-state index contributed by atoms with van der Waals surface area (Å²) in [6, 6.07) is 0. The number of rotatable bonds is 7. The fraction of sp³-hybridized carbons (Fsp3) is 0.667. The molecule has 0 spiro atoms. The predicted octanol–water partition coefficient (Wildman–Crippen LogP) is 2.70. The minimum Gasteiger partial charge on any atom is -0.478 e. The fourth-order valence-corrected chi connectivity index (χ4v) is 1.12. The van der Waals surface area contributed by atoms with Crippen LogP contribution in [-0.2, 0) is 9.53 Å². The van der Waals surface area contributed by atoms with Gasteiger partial charge in [0.25, 0.3) is 0 Å². The first kappa shape index (κ1) is 17.9. The number of unbranched alkanes of at least 4 members (excludes halogenated alkanes) is 3. The second-order valence-electron chi connectivity index (χ2n) is 3.64. The summed E-state index contributed by atoms with van der Waals surface area (Å²) in [4.78, 5) is 19.5. The lowest BCUT2D eigenvalue weighted by Crippen LogP contribution is -2.20. The molecule has 0 fully saturated rings. The normalized spacial score (nSPS) is 10.7. The van der Waals surface area contributed by atoms with Gasteiger partial charge in [-0.25, -0.2) is 9.59 Å². The number of hydrogen-bond donors (Lipinski definition) is 2. The topological polar surface area (TPSA) is 89.6 Å². The lowest BCUT2D eigenvalue weighted by molar-refractivity contribution is -0.131. The highest BCUT2D eigenvalue weighted by atomic mass is 16.6. The molecule has 0 saturated heterocycles. The lowest BCUT2D eigenvalue weighted by Gasteiger charge is -2.10. The number of amides is 1. The van der Waals surface area contributed by atoms with Crippen molar-refractivity contribution < 1.29 is 19.4 Å². The number of aliphatic carboxylic acids is 1. The van der Waals surface area contributed by atoms with Gasteiger partial charge < -0.3 is 15.6 Å². The van der Waals surface area contributed by atoms with Crippen LogP contribution in [0.3, 0.4) is 0 Å². The molecule has 0 heterocycles. The smallest absolute Gasteiger partial charge is 0.404 e. The van der Waals surface area contributed by atoms with Gasteiger partial charge in [-0.3, -0.25) is 0 Å². The van der Waals surface area contributed by atoms with E-state index in [0.29, 0.717) is 0 Å². The van der Waals surface area contributed by atoms with Crippen molar-refractivity contribution in [3.8, 4) is 0 Å². The number of carbonyl (C=O) groups is 2. The summed E-state index contributed by atoms with van der Waals surface area (Å²) in [5.74, 6) is -0.981. The standard InChI is InChI=1S/C9H19NO2.C3H4O2/c1-3-4-5-6-7-8(2)12-9(10)11;1-2-3(4)5/h8H,3-7H2,1-2H3,(H2,10,11);2H,1H2,(H,4,5). The third-order valence-corrected chi connectivity index (χ3v) is 1.96. The molecule has 5 nitrogen and oxygen atoms in total. The van der Waals surface area contributed by atoms with Crippen LogP contribution in [0.1, 0.15) is 46.0 Å². The van der Waals surface area contributed by atoms with Gasteiger partial charge in [-0.1, -0.05) is 32.8 Å². The Morgan fingerprint density at radius 1 is 1.41 bits per heavy atom. The van der Waals surface area contributed by atoms with Crippen LogP contribution in [0.15, 0.2) is 12.7 Å². The molecule has 0 radical (unpaired) electrons. The summed E-state index contributed by atoms with van der Waals surface area (Å²) >= 11 is 0. The van der Waals surface area contributed by atoms with E-state index in [9.17, 15) is 9.59 Å². The molecule has 0 aliphatic heterocycles. The number of hydrogen-bond acceptors (Lipinski definition) is 3. The molecule has 0 aromatic carbocycles. The maximum atomic E-state index is 10.3. The highest BCUT2D eigenvalue weighted by Gasteiger charge is 2.04. The first-order chi connectivity index (χ1) is 7.93. The molecule has 0 aliphatic rings. The van der Waals surface area contributed by atoms with E-state index in [4.69, 9.17) is 15.6 Å². The summed E-state index contributed by atoms with van der Waals surface area (Å²) < 4.78 is 4.77. The predicted molar refractivity (Wildman–Crippen MR) is 66.7 cm³/mol. The van der Waals surface area contributed by atoms with Crippen molar-refractivity contribution in [1.29, 1.82) is 0 Å². The third kappa shape index (κ3) is 20.5. The van der Waals surface area contributed by atoms with Gasteiger partial charge in [0.15, 0.2) is 0 Å². The van der Waals surface area contributed by atoms with Crippen LogP contribution in [-0.4, -0.2) is 23.3 Å². The largest absolute Gasteiger partial charge is 0.478 e. The molecule has 0 aromatic rings. The monoisotopic (exact) mass is 245 g/mol. The Bertz CT molecular complexity index is 229. The number of carboxylic acid groups (broad SMARTS) is 1. The Morgan fingerprint density at radius 2 is 1.94 bits per heavy atom. The van der Waals surface area contributed by atoms with Crippen LogP contribution >= 0.6 is 0 Å². The average molecular weight is 245 g/mol. The van der Waals surface area contributed by atoms with Crippen LogP contribution in [0, 0.1) is 0 Å². The molecule has 5 heteroatoms. The van der Waals surface area contributed by atoms with Crippen molar-refractivity contribution >= 4 is 12.1 Å². The Balaban J connectivity index is 0. The van der Waals surface area contributed by atoms with Crippen molar-refractivity contribution in [3.05, 3.63) is 12.7 Å². The summed E-state index contributed by atoms with van der Waals surface area (Å²) in [5.41, 5.74) is 4.86. The average Bonchev–Trinajstić information content (AvgIpc) is 2.24. The van der Waals surface area contributed by atoms with Gasteiger partial charge in [0.05, 0.1) is 0 Å². The Labute approximate surface area is 103 Å². The van der Waals surface area contributed by atoms with E-state index in [1.165, 1.54) is 19.3 Å². The van der Waals surface area contributed by atoms with E-state index < -0.39 is 12.1 Å². The highest BCUT2D eigenvalue weighted by Crippen LogP contribution is 2.07. The number of nitrogens with two attached hydrogens (primary N) is 1. The van der Waals surface area contributed by atoms with Crippen LogP contribution in [0.25, 0.3) is 0 Å². The van der Waals surface area contributed by atoms with E-state index >= 15 is 0 Å². The molecule has 0 saturated carbocycles. The zero-order valence-electron chi connectivity index (χ0n) is 10.6. The van der Waals surface area contributed by atoms with Gasteiger partial charge in [-0.2, -0.15) is 0 Å². The molecule has 1 amide bonds. The quantitative estimate of drug-likeness (QED) is 0.533. The van der Waals surface area contributed by atoms with Gasteiger partial charge in [-0.15, -0.1) is 0 Å². The molecule has 100 valence electrons. The zero-order chi connectivity index (χ0) is 13.7. The number of carbonyl (C=O) groups excluding carboxylic acids is 1. The van der Waals surface area contributed by atoms with E-state index in [1.54, 1.807) is 0 Å². The Morgan fingerprint density at radius 3 is 2.29 bits per heavy atom. The lowest BCUT2D eigenvalue weighted by atomic mass is 10.1. The summed E-state index contributed by atoms with van der Waals surface area (Å²) in [6.45, 7) is 7.00. The summed E-state index contributed by atoms with van der Waals surface area (Å²) in [7, 11) is 0. The van der Waals surface area contributed by atoms with Crippen molar-refractivity contribution in [2.24, 2.45) is 5.73 Å². The van der Waals surface area contributed by atoms with E-state index in [-0.39, 0.29) is 6.10 Å². The van der Waals surface area contributed by atoms with Crippen LogP contribution in [0.5, 0.6) is 0 Å². The minimum atomic E-state index is -0.981. The molecule has 0 bridgehead atoms. The first-order valence-electron chi connectivity index (χ1n) is 5.75. The molecule has 1 unspecified atom stereocenters. The first-order valence-corrected chi connectivity index (χ1v) is 5.75. The summed E-state index contributed by atoms with van der Waals surface area (Å²) in [5, 5.41) is 7.60. The maximum Gasteiger partial charge on any atom is 0.404 e. The molecule has 0 rings (SSSR count).